The van der Waals surface area contributed by atoms with Gasteiger partial charge in [0.2, 0.25) is 5.79 Å². The molecule has 10 nitrogen and oxygen atoms in total. The van der Waals surface area contributed by atoms with Crippen LogP contribution in [-0.2, 0) is 20.9 Å². The first-order valence-electron chi connectivity index (χ1n) is 8.95. The average Bonchev–Trinajstić information content (AvgIpc) is 2.93. The van der Waals surface area contributed by atoms with E-state index in [-0.39, 0.29) is 26.2 Å². The van der Waals surface area contributed by atoms with Crippen LogP contribution in [0, 0.1) is 0 Å². The molecule has 0 spiro atoms. The minimum absolute atomic E-state index is 0.0350. The lowest BCUT2D eigenvalue weighted by atomic mass is 10.1. The van der Waals surface area contributed by atoms with Crippen LogP contribution in [0.5, 0.6) is 0 Å². The topological polar surface area (TPSA) is 158 Å². The number of hydrogen-bond acceptors (Lipinski definition) is 8. The van der Waals surface area contributed by atoms with Gasteiger partial charge in [0.25, 0.3) is 0 Å². The van der Waals surface area contributed by atoms with Crippen LogP contribution in [0.3, 0.4) is 0 Å². The SMILES string of the molecule is O=C(N[C@@H](CCCNCC1(O)OC[C@@H](O)[C@H]1O)C(=O)O)OCc1ccccc1. The van der Waals surface area contributed by atoms with Crippen molar-refractivity contribution in [2.24, 2.45) is 0 Å². The van der Waals surface area contributed by atoms with Crippen molar-refractivity contribution in [1.82, 2.24) is 10.6 Å². The summed E-state index contributed by atoms with van der Waals surface area (Å²) < 4.78 is 9.98. The number of rotatable bonds is 10. The summed E-state index contributed by atoms with van der Waals surface area (Å²) >= 11 is 0. The van der Waals surface area contributed by atoms with E-state index in [1.54, 1.807) is 24.3 Å². The normalized spacial score (nSPS) is 25.2. The molecule has 0 aliphatic carbocycles. The molecule has 6 N–H and O–H groups in total. The first-order chi connectivity index (χ1) is 13.3. The summed E-state index contributed by atoms with van der Waals surface area (Å²) in [7, 11) is 0. The maximum Gasteiger partial charge on any atom is 0.408 e. The number of carbonyl (C=O) groups excluding carboxylic acids is 1. The minimum atomic E-state index is -1.88. The van der Waals surface area contributed by atoms with Gasteiger partial charge in [0.15, 0.2) is 0 Å². The highest BCUT2D eigenvalue weighted by Gasteiger charge is 2.47. The molecule has 0 bridgehead atoms. The molecule has 0 aromatic heterocycles. The molecule has 0 radical (unpaired) electrons. The fraction of sp³-hybridized carbons (Fsp3) is 0.556. The van der Waals surface area contributed by atoms with E-state index in [0.29, 0.717) is 13.0 Å². The molecule has 1 aromatic carbocycles. The van der Waals surface area contributed by atoms with Crippen LogP contribution >= 0.6 is 0 Å². The van der Waals surface area contributed by atoms with Gasteiger partial charge in [-0.2, -0.15) is 0 Å². The molecule has 10 heteroatoms. The largest absolute Gasteiger partial charge is 0.480 e. The Kier molecular flexibility index (Phi) is 8.15. The van der Waals surface area contributed by atoms with Gasteiger partial charge in [-0.15, -0.1) is 0 Å². The fourth-order valence-electron chi connectivity index (χ4n) is 2.73. The van der Waals surface area contributed by atoms with Crippen LogP contribution < -0.4 is 10.6 Å². The molecule has 1 aromatic rings. The Morgan fingerprint density at radius 2 is 2.00 bits per heavy atom. The maximum absolute atomic E-state index is 11.8. The summed E-state index contributed by atoms with van der Waals surface area (Å²) in [4.78, 5) is 23.1. The van der Waals surface area contributed by atoms with Crippen molar-refractivity contribution in [1.29, 1.82) is 0 Å². The predicted molar refractivity (Wildman–Crippen MR) is 96.2 cm³/mol. The second-order valence-electron chi connectivity index (χ2n) is 6.58. The molecule has 0 saturated carbocycles. The summed E-state index contributed by atoms with van der Waals surface area (Å²) in [6.07, 6.45) is -2.91. The molecule has 2 rings (SSSR count). The number of nitrogens with one attached hydrogen (secondary N) is 2. The van der Waals surface area contributed by atoms with E-state index in [1.165, 1.54) is 0 Å². The number of aliphatic hydroxyl groups is 3. The Bertz CT molecular complexity index is 644. The van der Waals surface area contributed by atoms with Gasteiger partial charge in [0.1, 0.15) is 24.9 Å². The molecule has 4 atom stereocenters. The molecule has 1 aliphatic rings. The lowest BCUT2D eigenvalue weighted by molar-refractivity contribution is -0.211. The summed E-state index contributed by atoms with van der Waals surface area (Å²) in [5.74, 6) is -3.07. The number of carbonyl (C=O) groups is 2. The van der Waals surface area contributed by atoms with Crippen molar-refractivity contribution < 1.29 is 39.5 Å². The maximum atomic E-state index is 11.8. The van der Waals surface area contributed by atoms with Gasteiger partial charge in [-0.05, 0) is 24.9 Å². The molecule has 1 aliphatic heterocycles. The van der Waals surface area contributed by atoms with Crippen molar-refractivity contribution in [3.05, 3.63) is 35.9 Å². The highest BCUT2D eigenvalue weighted by atomic mass is 16.7. The molecular weight excluding hydrogens is 372 g/mol. The van der Waals surface area contributed by atoms with E-state index in [4.69, 9.17) is 9.47 Å². The van der Waals surface area contributed by atoms with Gasteiger partial charge in [0.05, 0.1) is 13.2 Å². The van der Waals surface area contributed by atoms with Gasteiger partial charge >= 0.3 is 12.1 Å². The van der Waals surface area contributed by atoms with Crippen LogP contribution in [-0.4, -0.2) is 76.2 Å². The number of benzene rings is 1. The zero-order valence-corrected chi connectivity index (χ0v) is 15.3. The third-order valence-electron chi connectivity index (χ3n) is 4.36. The van der Waals surface area contributed by atoms with E-state index in [9.17, 15) is 30.0 Å². The zero-order valence-electron chi connectivity index (χ0n) is 15.3. The van der Waals surface area contributed by atoms with Crippen molar-refractivity contribution in [2.45, 2.75) is 43.5 Å². The number of alkyl carbamates (subject to hydrolysis) is 1. The summed E-state index contributed by atoms with van der Waals surface area (Å²) in [6, 6.07) is 7.88. The highest BCUT2D eigenvalue weighted by molar-refractivity contribution is 5.79. The average molecular weight is 398 g/mol. The Morgan fingerprint density at radius 3 is 2.61 bits per heavy atom. The molecule has 1 heterocycles. The number of carboxylic acid groups (broad SMARTS) is 1. The first-order valence-corrected chi connectivity index (χ1v) is 8.95. The Morgan fingerprint density at radius 1 is 1.29 bits per heavy atom. The van der Waals surface area contributed by atoms with Gasteiger partial charge in [0, 0.05) is 0 Å². The molecule has 28 heavy (non-hydrogen) atoms. The predicted octanol–water partition coefficient (Wildman–Crippen LogP) is -0.824. The van der Waals surface area contributed by atoms with E-state index in [2.05, 4.69) is 10.6 Å². The van der Waals surface area contributed by atoms with Crippen molar-refractivity contribution in [3.8, 4) is 0 Å². The van der Waals surface area contributed by atoms with E-state index in [0.717, 1.165) is 5.56 Å². The molecule has 1 fully saturated rings. The first kappa shape index (κ1) is 22.1. The second kappa shape index (κ2) is 10.3. The summed E-state index contributed by atoms with van der Waals surface area (Å²) in [6.45, 7) is 0.0390. The molecule has 1 amide bonds. The summed E-state index contributed by atoms with van der Waals surface area (Å²) in [5.41, 5.74) is 0.785. The minimum Gasteiger partial charge on any atom is -0.480 e. The lowest BCUT2D eigenvalue weighted by Crippen LogP contribution is -2.50. The lowest BCUT2D eigenvalue weighted by Gasteiger charge is -2.26. The van der Waals surface area contributed by atoms with Crippen molar-refractivity contribution in [3.63, 3.8) is 0 Å². The monoisotopic (exact) mass is 398 g/mol. The molecule has 156 valence electrons. The Balaban J connectivity index is 1.67. The van der Waals surface area contributed by atoms with E-state index in [1.807, 2.05) is 6.07 Å². The number of hydrogen-bond donors (Lipinski definition) is 6. The van der Waals surface area contributed by atoms with Crippen LogP contribution in [0.25, 0.3) is 0 Å². The third-order valence-corrected chi connectivity index (χ3v) is 4.36. The standard InChI is InChI=1S/C18H26N2O8/c21-14-10-28-18(26,15(14)22)11-19-8-4-7-13(16(23)24)20-17(25)27-9-12-5-2-1-3-6-12/h1-3,5-6,13-15,19,21-22,26H,4,7-11H2,(H,20,25)(H,23,24)/t13-,14+,15+,18?/m0/s1. The number of amides is 1. The second-order valence-corrected chi connectivity index (χ2v) is 6.58. The van der Waals surface area contributed by atoms with Crippen molar-refractivity contribution >= 4 is 12.1 Å². The highest BCUT2D eigenvalue weighted by Crippen LogP contribution is 2.23. The smallest absolute Gasteiger partial charge is 0.408 e. The van der Waals surface area contributed by atoms with Gasteiger partial charge < -0.3 is 40.5 Å². The van der Waals surface area contributed by atoms with E-state index >= 15 is 0 Å². The Hall–Kier alpha value is -2.24. The third kappa shape index (κ3) is 6.43. The summed E-state index contributed by atoms with van der Waals surface area (Å²) in [5, 5.41) is 43.5. The number of aliphatic carboxylic acids is 1. The Labute approximate surface area is 162 Å². The molecule has 1 unspecified atom stereocenters. The van der Waals surface area contributed by atoms with Gasteiger partial charge in [-0.25, -0.2) is 9.59 Å². The van der Waals surface area contributed by atoms with Gasteiger partial charge in [-0.3, -0.25) is 0 Å². The number of aliphatic hydroxyl groups excluding tert-OH is 2. The van der Waals surface area contributed by atoms with Crippen LogP contribution in [0.1, 0.15) is 18.4 Å². The van der Waals surface area contributed by atoms with E-state index < -0.39 is 36.1 Å². The van der Waals surface area contributed by atoms with Crippen molar-refractivity contribution in [2.75, 3.05) is 19.7 Å². The van der Waals surface area contributed by atoms with Gasteiger partial charge in [-0.1, -0.05) is 30.3 Å². The van der Waals surface area contributed by atoms with Crippen LogP contribution in [0.15, 0.2) is 30.3 Å². The number of ether oxygens (including phenoxy) is 2. The fourth-order valence-corrected chi connectivity index (χ4v) is 2.73. The molecule has 1 saturated heterocycles. The zero-order chi connectivity index (χ0) is 20.6. The van der Waals surface area contributed by atoms with Crippen LogP contribution in [0.4, 0.5) is 4.79 Å². The number of carboxylic acids is 1. The molecular formula is C18H26N2O8. The quantitative estimate of drug-likeness (QED) is 0.277. The van der Waals surface area contributed by atoms with Crippen LogP contribution in [0.2, 0.25) is 0 Å².